The van der Waals surface area contributed by atoms with E-state index in [4.69, 9.17) is 11.6 Å². The van der Waals surface area contributed by atoms with Gasteiger partial charge in [-0.15, -0.1) is 11.3 Å². The van der Waals surface area contributed by atoms with Crippen molar-refractivity contribution in [2.24, 2.45) is 0 Å². The summed E-state index contributed by atoms with van der Waals surface area (Å²) in [5, 5.41) is 2.67. The third-order valence-electron chi connectivity index (χ3n) is 2.78. The van der Waals surface area contributed by atoms with Crippen molar-refractivity contribution < 1.29 is 9.59 Å². The highest BCUT2D eigenvalue weighted by Crippen LogP contribution is 2.25. The minimum Gasteiger partial charge on any atom is -0.324 e. The highest BCUT2D eigenvalue weighted by Gasteiger charge is 2.43. The van der Waals surface area contributed by atoms with Crippen LogP contribution in [0.15, 0.2) is 12.1 Å². The smallest absolute Gasteiger partial charge is 0.324 e. The van der Waals surface area contributed by atoms with E-state index in [9.17, 15) is 9.59 Å². The number of nitrogens with zero attached hydrogens (tertiary/aromatic N) is 1. The number of rotatable bonds is 5. The molecule has 0 aliphatic carbocycles. The fraction of sp³-hybridized carbons (Fsp3) is 0.500. The van der Waals surface area contributed by atoms with Crippen LogP contribution in [-0.2, 0) is 10.5 Å². The Morgan fingerprint density at radius 3 is 2.68 bits per heavy atom. The van der Waals surface area contributed by atoms with Crippen LogP contribution in [0.1, 0.15) is 18.7 Å². The molecular weight excluding hydrogens is 304 g/mol. The van der Waals surface area contributed by atoms with E-state index >= 15 is 0 Å². The summed E-state index contributed by atoms with van der Waals surface area (Å²) in [5.74, 6) is 1.42. The van der Waals surface area contributed by atoms with Gasteiger partial charge in [-0.3, -0.25) is 9.69 Å². The molecule has 1 aliphatic heterocycles. The lowest BCUT2D eigenvalue weighted by Crippen LogP contribution is -2.40. The van der Waals surface area contributed by atoms with E-state index in [1.54, 1.807) is 36.9 Å². The van der Waals surface area contributed by atoms with Crippen molar-refractivity contribution >= 4 is 46.6 Å². The lowest BCUT2D eigenvalue weighted by molar-refractivity contribution is -0.130. The molecule has 1 aromatic heterocycles. The molecule has 1 aromatic rings. The number of carbonyl (C=O) groups is 2. The number of hydrogen-bond donors (Lipinski definition) is 1. The van der Waals surface area contributed by atoms with Gasteiger partial charge in [-0.2, -0.15) is 11.8 Å². The molecule has 2 rings (SSSR count). The summed E-state index contributed by atoms with van der Waals surface area (Å²) >= 11 is 9.09. The molecule has 0 saturated carbocycles. The Hall–Kier alpha value is -0.720. The Kier molecular flexibility index (Phi) is 4.43. The van der Waals surface area contributed by atoms with Gasteiger partial charge in [0.2, 0.25) is 0 Å². The molecule has 4 nitrogen and oxygen atoms in total. The van der Waals surface area contributed by atoms with E-state index in [-0.39, 0.29) is 11.9 Å². The van der Waals surface area contributed by atoms with Crippen molar-refractivity contribution in [1.82, 2.24) is 10.2 Å². The quantitative estimate of drug-likeness (QED) is 0.671. The van der Waals surface area contributed by atoms with E-state index in [0.717, 1.165) is 15.8 Å². The normalized spacial score (nSPS) is 17.9. The number of thioether (sulfide) groups is 1. The van der Waals surface area contributed by atoms with Gasteiger partial charge in [0.25, 0.3) is 5.91 Å². The number of amides is 3. The maximum Gasteiger partial charge on any atom is 0.325 e. The van der Waals surface area contributed by atoms with E-state index in [1.807, 2.05) is 12.1 Å². The highest BCUT2D eigenvalue weighted by molar-refractivity contribution is 7.98. The van der Waals surface area contributed by atoms with Gasteiger partial charge in [0, 0.05) is 22.9 Å². The average molecular weight is 319 g/mol. The van der Waals surface area contributed by atoms with Gasteiger partial charge in [0.05, 0.1) is 4.34 Å². The fourth-order valence-electron chi connectivity index (χ4n) is 1.78. The number of nitrogens with one attached hydrogen (secondary N) is 1. The monoisotopic (exact) mass is 318 g/mol. The standard InChI is InChI=1S/C12H15ClN2O2S2/c1-12(2)10(16)15(11(17)14-12)5-6-18-7-8-3-4-9(13)19-8/h3-4H,5-7H2,1-2H3,(H,14,17). The predicted octanol–water partition coefficient (Wildman–Crippen LogP) is 2.97. The molecular formula is C12H15ClN2O2S2. The van der Waals surface area contributed by atoms with Gasteiger partial charge in [-0.25, -0.2) is 4.79 Å². The van der Waals surface area contributed by atoms with Gasteiger partial charge < -0.3 is 5.32 Å². The van der Waals surface area contributed by atoms with Crippen LogP contribution in [0.5, 0.6) is 0 Å². The summed E-state index contributed by atoms with van der Waals surface area (Å²) in [7, 11) is 0. The zero-order chi connectivity index (χ0) is 14.0. The maximum absolute atomic E-state index is 11.9. The first kappa shape index (κ1) is 14.7. The minimum absolute atomic E-state index is 0.155. The zero-order valence-corrected chi connectivity index (χ0v) is 13.1. The summed E-state index contributed by atoms with van der Waals surface area (Å²) < 4.78 is 0.784. The summed E-state index contributed by atoms with van der Waals surface area (Å²) in [5.41, 5.74) is -0.775. The topological polar surface area (TPSA) is 49.4 Å². The molecule has 104 valence electrons. The van der Waals surface area contributed by atoms with Crippen molar-refractivity contribution in [2.45, 2.75) is 25.1 Å². The number of carbonyl (C=O) groups excluding carboxylic acids is 2. The molecule has 0 bridgehead atoms. The van der Waals surface area contributed by atoms with E-state index in [0.29, 0.717) is 6.54 Å². The number of imide groups is 1. The maximum atomic E-state index is 11.9. The highest BCUT2D eigenvalue weighted by atomic mass is 35.5. The Balaban J connectivity index is 1.77. The van der Waals surface area contributed by atoms with E-state index in [2.05, 4.69) is 5.32 Å². The molecule has 1 N–H and O–H groups in total. The van der Waals surface area contributed by atoms with Crippen LogP contribution in [0.4, 0.5) is 4.79 Å². The predicted molar refractivity (Wildman–Crippen MR) is 79.8 cm³/mol. The average Bonchev–Trinajstić information content (AvgIpc) is 2.80. The van der Waals surface area contributed by atoms with Crippen LogP contribution < -0.4 is 5.32 Å². The second kappa shape index (κ2) is 5.73. The van der Waals surface area contributed by atoms with Gasteiger partial charge >= 0.3 is 6.03 Å². The molecule has 3 amide bonds. The first-order valence-electron chi connectivity index (χ1n) is 5.86. The Labute approximate surface area is 125 Å². The zero-order valence-electron chi connectivity index (χ0n) is 10.7. The Bertz CT molecular complexity index is 502. The Morgan fingerprint density at radius 2 is 2.16 bits per heavy atom. The van der Waals surface area contributed by atoms with Crippen LogP contribution in [0.3, 0.4) is 0 Å². The minimum atomic E-state index is -0.775. The number of halogens is 1. The molecule has 1 saturated heterocycles. The SMILES string of the molecule is CC1(C)NC(=O)N(CCSCc2ccc(Cl)s2)C1=O. The van der Waals surface area contributed by atoms with Gasteiger partial charge in [-0.1, -0.05) is 11.6 Å². The molecule has 2 heterocycles. The number of hydrogen-bond acceptors (Lipinski definition) is 4. The van der Waals surface area contributed by atoms with E-state index in [1.165, 1.54) is 9.78 Å². The van der Waals surface area contributed by atoms with Gasteiger partial charge in [0.15, 0.2) is 0 Å². The molecule has 1 aliphatic rings. The number of urea groups is 1. The van der Waals surface area contributed by atoms with Crippen molar-refractivity contribution in [2.75, 3.05) is 12.3 Å². The first-order valence-corrected chi connectivity index (χ1v) is 8.21. The van der Waals surface area contributed by atoms with Crippen molar-refractivity contribution in [3.63, 3.8) is 0 Å². The lowest BCUT2D eigenvalue weighted by atomic mass is 10.1. The second-order valence-corrected chi connectivity index (χ2v) is 7.68. The molecule has 0 aromatic carbocycles. The summed E-state index contributed by atoms with van der Waals surface area (Å²) in [6.07, 6.45) is 0. The van der Waals surface area contributed by atoms with Crippen molar-refractivity contribution in [1.29, 1.82) is 0 Å². The van der Waals surface area contributed by atoms with Crippen LogP contribution in [0.2, 0.25) is 4.34 Å². The largest absolute Gasteiger partial charge is 0.325 e. The Morgan fingerprint density at radius 1 is 1.42 bits per heavy atom. The van der Waals surface area contributed by atoms with Crippen LogP contribution in [0, 0.1) is 0 Å². The van der Waals surface area contributed by atoms with Gasteiger partial charge in [0.1, 0.15) is 5.54 Å². The van der Waals surface area contributed by atoms with Crippen LogP contribution >= 0.6 is 34.7 Å². The second-order valence-electron chi connectivity index (χ2n) is 4.77. The molecule has 0 spiro atoms. The fourth-order valence-corrected chi connectivity index (χ4v) is 3.90. The van der Waals surface area contributed by atoms with Gasteiger partial charge in [-0.05, 0) is 26.0 Å². The third-order valence-corrected chi connectivity index (χ3v) is 5.18. The van der Waals surface area contributed by atoms with Crippen LogP contribution in [0.25, 0.3) is 0 Å². The summed E-state index contributed by atoms with van der Waals surface area (Å²) in [6.45, 7) is 3.87. The summed E-state index contributed by atoms with van der Waals surface area (Å²) in [6, 6.07) is 3.58. The molecule has 19 heavy (non-hydrogen) atoms. The molecule has 7 heteroatoms. The van der Waals surface area contributed by atoms with Crippen LogP contribution in [-0.4, -0.2) is 34.7 Å². The molecule has 0 atom stereocenters. The lowest BCUT2D eigenvalue weighted by Gasteiger charge is -2.15. The third kappa shape index (κ3) is 3.43. The van der Waals surface area contributed by atoms with Crippen molar-refractivity contribution in [3.8, 4) is 0 Å². The first-order chi connectivity index (χ1) is 8.90. The molecule has 0 unspecified atom stereocenters. The molecule has 0 radical (unpaired) electrons. The van der Waals surface area contributed by atoms with E-state index < -0.39 is 5.54 Å². The van der Waals surface area contributed by atoms with Crippen molar-refractivity contribution in [3.05, 3.63) is 21.3 Å². The summed E-state index contributed by atoms with van der Waals surface area (Å²) in [4.78, 5) is 26.0. The molecule has 1 fully saturated rings. The number of thiophene rings is 1.